The molecule has 0 N–H and O–H groups in total. The Labute approximate surface area is 267 Å². The van der Waals surface area contributed by atoms with Crippen LogP contribution in [-0.2, 0) is 10.8 Å². The smallest absolute Gasteiger partial charge is 0.234 e. The second-order valence-corrected chi connectivity index (χ2v) is 14.0. The van der Waals surface area contributed by atoms with Crippen molar-refractivity contribution in [3.8, 4) is 39.2 Å². The molecule has 4 nitrogen and oxygen atoms in total. The number of benzene rings is 5. The summed E-state index contributed by atoms with van der Waals surface area (Å²) in [6.07, 6.45) is 5.82. The SMILES string of the molecule is CC1(C)c2ccccc2-c2cc3c4cc5c(cc4n(-c4ccc(-c6cn7cccnc7n6)cc4)c3cc21)C(C)(C)c1ccccc1-5. The van der Waals surface area contributed by atoms with Crippen molar-refractivity contribution in [2.75, 3.05) is 0 Å². The van der Waals surface area contributed by atoms with Crippen LogP contribution in [0.15, 0.2) is 122 Å². The van der Waals surface area contributed by atoms with Crippen LogP contribution in [0.3, 0.4) is 0 Å². The van der Waals surface area contributed by atoms with Crippen LogP contribution >= 0.6 is 0 Å². The summed E-state index contributed by atoms with van der Waals surface area (Å²) in [6, 6.07) is 38.5. The molecule has 0 atom stereocenters. The molecule has 46 heavy (non-hydrogen) atoms. The van der Waals surface area contributed by atoms with Crippen molar-refractivity contribution in [1.29, 1.82) is 0 Å². The van der Waals surface area contributed by atoms with Crippen LogP contribution in [0.2, 0.25) is 0 Å². The second kappa shape index (κ2) is 8.61. The lowest BCUT2D eigenvalue weighted by Crippen LogP contribution is -2.15. The van der Waals surface area contributed by atoms with Crippen molar-refractivity contribution >= 4 is 27.6 Å². The first-order valence-electron chi connectivity index (χ1n) is 16.1. The van der Waals surface area contributed by atoms with Crippen molar-refractivity contribution in [2.45, 2.75) is 38.5 Å². The van der Waals surface area contributed by atoms with Gasteiger partial charge in [-0.15, -0.1) is 0 Å². The molecular weight excluding hydrogens is 560 g/mol. The number of nitrogens with zero attached hydrogens (tertiary/aromatic N) is 4. The van der Waals surface area contributed by atoms with Gasteiger partial charge >= 0.3 is 0 Å². The van der Waals surface area contributed by atoms with Gasteiger partial charge in [-0.05, 0) is 87.0 Å². The first kappa shape index (κ1) is 25.8. The Morgan fingerprint density at radius 3 is 1.70 bits per heavy atom. The molecule has 0 unspecified atom stereocenters. The monoisotopic (exact) mass is 592 g/mol. The van der Waals surface area contributed by atoms with E-state index < -0.39 is 0 Å². The normalized spacial score (nSPS) is 15.3. The summed E-state index contributed by atoms with van der Waals surface area (Å²) in [5.41, 5.74) is 16.4. The van der Waals surface area contributed by atoms with E-state index in [0.717, 1.165) is 16.9 Å². The maximum absolute atomic E-state index is 4.77. The van der Waals surface area contributed by atoms with Gasteiger partial charge in [0, 0.05) is 51.4 Å². The Balaban J connectivity index is 1.26. The quantitative estimate of drug-likeness (QED) is 0.200. The van der Waals surface area contributed by atoms with E-state index in [9.17, 15) is 0 Å². The highest BCUT2D eigenvalue weighted by molar-refractivity contribution is 6.13. The lowest BCUT2D eigenvalue weighted by atomic mass is 9.82. The molecule has 0 saturated carbocycles. The molecule has 0 aliphatic heterocycles. The van der Waals surface area contributed by atoms with Gasteiger partial charge in [0.25, 0.3) is 0 Å². The minimum atomic E-state index is -0.0783. The topological polar surface area (TPSA) is 35.1 Å². The summed E-state index contributed by atoms with van der Waals surface area (Å²) in [6.45, 7) is 9.46. The van der Waals surface area contributed by atoms with Gasteiger partial charge in [-0.3, -0.25) is 4.40 Å². The first-order valence-corrected chi connectivity index (χ1v) is 16.1. The van der Waals surface area contributed by atoms with Crippen molar-refractivity contribution in [3.05, 3.63) is 144 Å². The predicted octanol–water partition coefficient (Wildman–Crippen LogP) is 10.1. The van der Waals surface area contributed by atoms with Crippen LogP contribution in [0.4, 0.5) is 0 Å². The summed E-state index contributed by atoms with van der Waals surface area (Å²) in [5.74, 6) is 0.707. The number of rotatable bonds is 2. The molecule has 3 heterocycles. The van der Waals surface area contributed by atoms with E-state index in [2.05, 4.69) is 134 Å². The number of hydrogen-bond acceptors (Lipinski definition) is 2. The number of hydrogen-bond donors (Lipinski definition) is 0. The fourth-order valence-electron chi connectivity index (χ4n) is 8.43. The van der Waals surface area contributed by atoms with E-state index in [-0.39, 0.29) is 10.8 Å². The van der Waals surface area contributed by atoms with Gasteiger partial charge in [-0.25, -0.2) is 9.97 Å². The summed E-state index contributed by atoms with van der Waals surface area (Å²) >= 11 is 0. The molecule has 2 aliphatic rings. The molecule has 5 aromatic carbocycles. The molecular formula is C42H32N4. The van der Waals surface area contributed by atoms with Crippen LogP contribution < -0.4 is 0 Å². The van der Waals surface area contributed by atoms with E-state index >= 15 is 0 Å². The fourth-order valence-corrected chi connectivity index (χ4v) is 8.43. The van der Waals surface area contributed by atoms with Gasteiger partial charge in [0.1, 0.15) is 0 Å². The molecule has 10 rings (SSSR count). The highest BCUT2D eigenvalue weighted by atomic mass is 15.1. The van der Waals surface area contributed by atoms with Gasteiger partial charge in [-0.1, -0.05) is 88.4 Å². The maximum Gasteiger partial charge on any atom is 0.234 e. The van der Waals surface area contributed by atoms with E-state index in [0.29, 0.717) is 5.78 Å². The molecule has 0 radical (unpaired) electrons. The molecule has 0 spiro atoms. The third-order valence-electron chi connectivity index (χ3n) is 10.8. The Morgan fingerprint density at radius 1 is 0.565 bits per heavy atom. The highest BCUT2D eigenvalue weighted by Gasteiger charge is 2.38. The van der Waals surface area contributed by atoms with Crippen molar-refractivity contribution < 1.29 is 0 Å². The third kappa shape index (κ3) is 3.23. The van der Waals surface area contributed by atoms with Gasteiger partial charge in [-0.2, -0.15) is 0 Å². The summed E-state index contributed by atoms with van der Waals surface area (Å²) in [5, 5.41) is 2.59. The minimum absolute atomic E-state index is 0.0783. The molecule has 0 saturated heterocycles. The molecule has 8 aromatic rings. The van der Waals surface area contributed by atoms with E-state index in [1.54, 1.807) is 6.20 Å². The molecule has 220 valence electrons. The largest absolute Gasteiger partial charge is 0.309 e. The number of imidazole rings is 1. The van der Waals surface area contributed by atoms with Crippen LogP contribution in [0.1, 0.15) is 49.9 Å². The highest BCUT2D eigenvalue weighted by Crippen LogP contribution is 2.53. The molecule has 0 bridgehead atoms. The predicted molar refractivity (Wildman–Crippen MR) is 188 cm³/mol. The summed E-state index contributed by atoms with van der Waals surface area (Å²) in [7, 11) is 0. The van der Waals surface area contributed by atoms with Gasteiger partial charge in [0.15, 0.2) is 0 Å². The van der Waals surface area contributed by atoms with Crippen LogP contribution in [0, 0.1) is 0 Å². The minimum Gasteiger partial charge on any atom is -0.309 e. The van der Waals surface area contributed by atoms with Crippen molar-refractivity contribution in [1.82, 2.24) is 18.9 Å². The standard InChI is InChI=1S/C42H32N4/c1-41(2)33-12-7-5-10-27(33)29-20-31-32-21-30-28-11-6-8-13-34(28)42(3,4)36(30)23-39(32)46(38(31)22-35(29)41)26-16-14-25(15-17-26)37-24-45-19-9-18-43-40(45)44-37/h5-24H,1-4H3. The number of fused-ring (bicyclic) bond motifs is 10. The number of aromatic nitrogens is 4. The molecule has 4 heteroatoms. The third-order valence-corrected chi connectivity index (χ3v) is 10.8. The maximum atomic E-state index is 4.77. The average Bonchev–Trinajstić information content (AvgIpc) is 3.77. The zero-order valence-corrected chi connectivity index (χ0v) is 26.3. The van der Waals surface area contributed by atoms with Crippen LogP contribution in [-0.4, -0.2) is 18.9 Å². The Morgan fingerprint density at radius 2 is 1.13 bits per heavy atom. The molecule has 3 aromatic heterocycles. The Bertz CT molecular complexity index is 2420. The molecule has 2 aliphatic carbocycles. The molecule has 0 amide bonds. The van der Waals surface area contributed by atoms with Crippen LogP contribution in [0.25, 0.3) is 66.8 Å². The average molecular weight is 593 g/mol. The van der Waals surface area contributed by atoms with Crippen LogP contribution in [0.5, 0.6) is 0 Å². The van der Waals surface area contributed by atoms with Crippen molar-refractivity contribution in [2.24, 2.45) is 0 Å². The fraction of sp³-hybridized carbons (Fsp3) is 0.143. The van der Waals surface area contributed by atoms with E-state index in [1.165, 1.54) is 66.3 Å². The first-order chi connectivity index (χ1) is 22.3. The summed E-state index contributed by atoms with van der Waals surface area (Å²) in [4.78, 5) is 9.18. The Hall–Kier alpha value is -5.48. The zero-order chi connectivity index (χ0) is 30.9. The van der Waals surface area contributed by atoms with Gasteiger partial charge in [0.05, 0.1) is 16.7 Å². The Kier molecular flexibility index (Phi) is 4.83. The van der Waals surface area contributed by atoms with Gasteiger partial charge < -0.3 is 4.57 Å². The lowest BCUT2D eigenvalue weighted by Gasteiger charge is -2.22. The molecule has 0 fully saturated rings. The van der Waals surface area contributed by atoms with E-state index in [1.807, 2.05) is 22.9 Å². The summed E-state index contributed by atoms with van der Waals surface area (Å²) < 4.78 is 4.45. The van der Waals surface area contributed by atoms with Gasteiger partial charge in [0.2, 0.25) is 5.78 Å². The second-order valence-electron chi connectivity index (χ2n) is 14.0. The van der Waals surface area contributed by atoms with E-state index in [4.69, 9.17) is 4.98 Å². The lowest BCUT2D eigenvalue weighted by molar-refractivity contribution is 0.660. The zero-order valence-electron chi connectivity index (χ0n) is 26.3. The van der Waals surface area contributed by atoms with Crippen molar-refractivity contribution in [3.63, 3.8) is 0 Å².